The summed E-state index contributed by atoms with van der Waals surface area (Å²) in [5, 5.41) is 2.65. The highest BCUT2D eigenvalue weighted by Crippen LogP contribution is 2.16. The van der Waals surface area contributed by atoms with Crippen LogP contribution < -0.4 is 10.1 Å². The first kappa shape index (κ1) is 21.8. The maximum Gasteiger partial charge on any atom is 0.338 e. The molecule has 0 saturated heterocycles. The van der Waals surface area contributed by atoms with Crippen LogP contribution in [0.15, 0.2) is 78.9 Å². The number of hydrogen-bond donors (Lipinski definition) is 1. The molecule has 6 heteroatoms. The first-order valence-electron chi connectivity index (χ1n) is 9.82. The average molecular weight is 417 g/mol. The van der Waals surface area contributed by atoms with Gasteiger partial charge in [0.1, 0.15) is 12.4 Å². The van der Waals surface area contributed by atoms with E-state index in [1.165, 1.54) is 13.8 Å². The SMILES string of the molecule is CC(=O)c1cccc(NC(=O)[C@@H](C)OC(=O)c2ccc(OCc3ccccc3)cc2)c1. The van der Waals surface area contributed by atoms with Gasteiger partial charge in [-0.3, -0.25) is 9.59 Å². The number of amides is 1. The summed E-state index contributed by atoms with van der Waals surface area (Å²) in [6.45, 7) is 3.36. The summed E-state index contributed by atoms with van der Waals surface area (Å²) in [4.78, 5) is 36.2. The minimum atomic E-state index is -1.01. The van der Waals surface area contributed by atoms with Gasteiger partial charge in [-0.15, -0.1) is 0 Å². The molecule has 1 atom stereocenters. The van der Waals surface area contributed by atoms with Gasteiger partial charge in [0, 0.05) is 11.3 Å². The Balaban J connectivity index is 1.53. The van der Waals surface area contributed by atoms with Gasteiger partial charge in [0.05, 0.1) is 5.56 Å². The summed E-state index contributed by atoms with van der Waals surface area (Å²) in [5.74, 6) is -0.588. The van der Waals surface area contributed by atoms with E-state index in [1.54, 1.807) is 48.5 Å². The van der Waals surface area contributed by atoms with Crippen molar-refractivity contribution in [2.75, 3.05) is 5.32 Å². The molecule has 3 aromatic carbocycles. The number of anilines is 1. The Morgan fingerprint density at radius 2 is 1.58 bits per heavy atom. The second-order valence-corrected chi connectivity index (χ2v) is 6.97. The zero-order valence-corrected chi connectivity index (χ0v) is 17.3. The number of benzene rings is 3. The molecule has 0 aliphatic rings. The van der Waals surface area contributed by atoms with Gasteiger partial charge in [-0.25, -0.2) is 4.79 Å². The first-order chi connectivity index (χ1) is 14.9. The predicted molar refractivity (Wildman–Crippen MR) is 117 cm³/mol. The summed E-state index contributed by atoms with van der Waals surface area (Å²) in [6.07, 6.45) is -1.01. The van der Waals surface area contributed by atoms with Crippen molar-refractivity contribution in [3.8, 4) is 5.75 Å². The molecular formula is C25H23NO5. The number of Topliss-reactive ketones (excluding diaryl/α,β-unsaturated/α-hetero) is 1. The third-order valence-corrected chi connectivity index (χ3v) is 4.53. The molecule has 0 radical (unpaired) electrons. The van der Waals surface area contributed by atoms with Gasteiger partial charge in [-0.05, 0) is 55.8 Å². The van der Waals surface area contributed by atoms with Gasteiger partial charge in [0.25, 0.3) is 5.91 Å². The molecule has 0 saturated carbocycles. The second-order valence-electron chi connectivity index (χ2n) is 6.97. The molecule has 0 bridgehead atoms. The predicted octanol–water partition coefficient (Wildman–Crippen LogP) is 4.65. The summed E-state index contributed by atoms with van der Waals surface area (Å²) < 4.78 is 11.0. The summed E-state index contributed by atoms with van der Waals surface area (Å²) >= 11 is 0. The lowest BCUT2D eigenvalue weighted by Crippen LogP contribution is -2.30. The molecule has 3 rings (SSSR count). The van der Waals surface area contributed by atoms with Crippen molar-refractivity contribution in [1.29, 1.82) is 0 Å². The fourth-order valence-corrected chi connectivity index (χ4v) is 2.77. The molecule has 31 heavy (non-hydrogen) atoms. The highest BCUT2D eigenvalue weighted by atomic mass is 16.5. The van der Waals surface area contributed by atoms with Crippen molar-refractivity contribution in [2.45, 2.75) is 26.6 Å². The van der Waals surface area contributed by atoms with Crippen LogP contribution in [-0.2, 0) is 16.1 Å². The molecule has 0 aliphatic carbocycles. The molecule has 0 heterocycles. The molecule has 6 nitrogen and oxygen atoms in total. The minimum Gasteiger partial charge on any atom is -0.489 e. The van der Waals surface area contributed by atoms with E-state index in [2.05, 4.69) is 5.32 Å². The number of carbonyl (C=O) groups excluding carboxylic acids is 3. The van der Waals surface area contributed by atoms with Gasteiger partial charge in [0.15, 0.2) is 11.9 Å². The molecule has 0 spiro atoms. The fourth-order valence-electron chi connectivity index (χ4n) is 2.77. The Morgan fingerprint density at radius 1 is 0.871 bits per heavy atom. The number of ketones is 1. The minimum absolute atomic E-state index is 0.105. The van der Waals surface area contributed by atoms with E-state index in [0.29, 0.717) is 29.2 Å². The van der Waals surface area contributed by atoms with E-state index in [9.17, 15) is 14.4 Å². The van der Waals surface area contributed by atoms with Gasteiger partial charge in [-0.2, -0.15) is 0 Å². The third kappa shape index (κ3) is 6.27. The Labute approximate surface area is 180 Å². The molecule has 0 fully saturated rings. The maximum atomic E-state index is 12.4. The van der Waals surface area contributed by atoms with Crippen molar-refractivity contribution in [3.05, 3.63) is 95.6 Å². The molecule has 0 unspecified atom stereocenters. The standard InChI is InChI=1S/C25H23NO5/c1-17(27)21-9-6-10-22(15-21)26-24(28)18(2)31-25(29)20-11-13-23(14-12-20)30-16-19-7-4-3-5-8-19/h3-15,18H,16H2,1-2H3,(H,26,28)/t18-/m1/s1. The lowest BCUT2D eigenvalue weighted by Gasteiger charge is -2.14. The Kier molecular flexibility index (Phi) is 7.17. The Morgan fingerprint density at radius 3 is 2.26 bits per heavy atom. The van der Waals surface area contributed by atoms with E-state index in [1.807, 2.05) is 30.3 Å². The van der Waals surface area contributed by atoms with E-state index < -0.39 is 18.0 Å². The largest absolute Gasteiger partial charge is 0.489 e. The van der Waals surface area contributed by atoms with Crippen LogP contribution in [-0.4, -0.2) is 23.8 Å². The van der Waals surface area contributed by atoms with Gasteiger partial charge in [-0.1, -0.05) is 42.5 Å². The van der Waals surface area contributed by atoms with Crippen molar-refractivity contribution in [3.63, 3.8) is 0 Å². The summed E-state index contributed by atoms with van der Waals surface area (Å²) in [5.41, 5.74) is 2.29. The van der Waals surface area contributed by atoms with Crippen molar-refractivity contribution >= 4 is 23.3 Å². The van der Waals surface area contributed by atoms with Gasteiger partial charge in [0.2, 0.25) is 0 Å². The number of rotatable bonds is 8. The lowest BCUT2D eigenvalue weighted by atomic mass is 10.1. The topological polar surface area (TPSA) is 81.7 Å². The van der Waals surface area contributed by atoms with E-state index in [0.717, 1.165) is 5.56 Å². The van der Waals surface area contributed by atoms with Crippen molar-refractivity contribution < 1.29 is 23.9 Å². The molecule has 0 aromatic heterocycles. The molecule has 0 aliphatic heterocycles. The van der Waals surface area contributed by atoms with Crippen molar-refractivity contribution in [1.82, 2.24) is 0 Å². The normalized spacial score (nSPS) is 11.3. The highest BCUT2D eigenvalue weighted by molar-refractivity contribution is 5.99. The van der Waals surface area contributed by atoms with Gasteiger partial charge < -0.3 is 14.8 Å². The number of esters is 1. The zero-order valence-electron chi connectivity index (χ0n) is 17.3. The van der Waals surface area contributed by atoms with Crippen molar-refractivity contribution in [2.24, 2.45) is 0 Å². The van der Waals surface area contributed by atoms with Crippen LogP contribution in [0.1, 0.15) is 40.1 Å². The summed E-state index contributed by atoms with van der Waals surface area (Å²) in [7, 11) is 0. The molecule has 1 N–H and O–H groups in total. The molecule has 158 valence electrons. The maximum absolute atomic E-state index is 12.4. The zero-order chi connectivity index (χ0) is 22.2. The highest BCUT2D eigenvalue weighted by Gasteiger charge is 2.19. The molecule has 1 amide bonds. The monoisotopic (exact) mass is 417 g/mol. The fraction of sp³-hybridized carbons (Fsp3) is 0.160. The number of ether oxygens (including phenoxy) is 2. The number of carbonyl (C=O) groups is 3. The quantitative estimate of drug-likeness (QED) is 0.426. The van der Waals surface area contributed by atoms with Crippen LogP contribution in [0, 0.1) is 0 Å². The third-order valence-electron chi connectivity index (χ3n) is 4.53. The van der Waals surface area contributed by atoms with Crippen LogP contribution in [0.3, 0.4) is 0 Å². The Hall–Kier alpha value is -3.93. The number of nitrogens with one attached hydrogen (secondary N) is 1. The van der Waals surface area contributed by atoms with Crippen LogP contribution in [0.2, 0.25) is 0 Å². The van der Waals surface area contributed by atoms with Gasteiger partial charge >= 0.3 is 5.97 Å². The van der Waals surface area contributed by atoms with Crippen LogP contribution >= 0.6 is 0 Å². The van der Waals surface area contributed by atoms with Crippen LogP contribution in [0.5, 0.6) is 5.75 Å². The first-order valence-corrected chi connectivity index (χ1v) is 9.82. The second kappa shape index (κ2) is 10.2. The summed E-state index contributed by atoms with van der Waals surface area (Å²) in [6, 6.07) is 22.8. The Bertz CT molecular complexity index is 1060. The lowest BCUT2D eigenvalue weighted by molar-refractivity contribution is -0.123. The molecular weight excluding hydrogens is 394 g/mol. The average Bonchev–Trinajstić information content (AvgIpc) is 2.78. The van der Waals surface area contributed by atoms with E-state index in [-0.39, 0.29) is 5.78 Å². The smallest absolute Gasteiger partial charge is 0.338 e. The van der Waals surface area contributed by atoms with Crippen LogP contribution in [0.4, 0.5) is 5.69 Å². The van der Waals surface area contributed by atoms with E-state index in [4.69, 9.17) is 9.47 Å². The van der Waals surface area contributed by atoms with Crippen LogP contribution in [0.25, 0.3) is 0 Å². The molecule has 3 aromatic rings. The number of hydrogen-bond acceptors (Lipinski definition) is 5. The van der Waals surface area contributed by atoms with E-state index >= 15 is 0 Å².